The lowest BCUT2D eigenvalue weighted by molar-refractivity contribution is 0.0660. The van der Waals surface area contributed by atoms with E-state index in [-0.39, 0.29) is 18.2 Å². The van der Waals surface area contributed by atoms with Gasteiger partial charge in [-0.05, 0) is 36.2 Å². The summed E-state index contributed by atoms with van der Waals surface area (Å²) in [5.41, 5.74) is 1.73. The van der Waals surface area contributed by atoms with Gasteiger partial charge in [-0.25, -0.2) is 4.79 Å². The molecule has 0 aliphatic carbocycles. The molecule has 0 fully saturated rings. The van der Waals surface area contributed by atoms with Crippen molar-refractivity contribution in [1.82, 2.24) is 5.32 Å². The summed E-state index contributed by atoms with van der Waals surface area (Å²) < 4.78 is 5.05. The second kappa shape index (κ2) is 6.06. The number of furan rings is 1. The van der Waals surface area contributed by atoms with Crippen LogP contribution in [0, 0.1) is 0 Å². The molecule has 5 heteroatoms. The second-order valence-electron chi connectivity index (χ2n) is 4.30. The highest BCUT2D eigenvalue weighted by Gasteiger charge is 2.10. The molecule has 104 valence electrons. The van der Waals surface area contributed by atoms with E-state index >= 15 is 0 Å². The molecule has 2 N–H and O–H groups in total. The Morgan fingerprint density at radius 2 is 1.85 bits per heavy atom. The van der Waals surface area contributed by atoms with Gasteiger partial charge in [0.1, 0.15) is 5.76 Å². The summed E-state index contributed by atoms with van der Waals surface area (Å²) in [7, 11) is 0. The van der Waals surface area contributed by atoms with E-state index in [9.17, 15) is 9.59 Å². The smallest absolute Gasteiger partial charge is 0.371 e. The molecule has 0 unspecified atom stereocenters. The molecular formula is C15H15NO4. The van der Waals surface area contributed by atoms with Crippen LogP contribution in [0.1, 0.15) is 39.2 Å². The van der Waals surface area contributed by atoms with E-state index in [1.807, 2.05) is 19.1 Å². The number of benzene rings is 1. The average Bonchev–Trinajstić information content (AvgIpc) is 2.94. The molecule has 0 spiro atoms. The molecule has 2 rings (SSSR count). The Labute approximate surface area is 116 Å². The van der Waals surface area contributed by atoms with Gasteiger partial charge in [-0.3, -0.25) is 4.79 Å². The largest absolute Gasteiger partial charge is 0.475 e. The monoisotopic (exact) mass is 273 g/mol. The lowest BCUT2D eigenvalue weighted by Crippen LogP contribution is -2.22. The van der Waals surface area contributed by atoms with Gasteiger partial charge >= 0.3 is 5.97 Å². The zero-order valence-electron chi connectivity index (χ0n) is 11.1. The van der Waals surface area contributed by atoms with Gasteiger partial charge in [-0.1, -0.05) is 19.1 Å². The fourth-order valence-corrected chi connectivity index (χ4v) is 1.75. The van der Waals surface area contributed by atoms with Crippen molar-refractivity contribution < 1.29 is 19.1 Å². The van der Waals surface area contributed by atoms with Gasteiger partial charge in [0, 0.05) is 5.56 Å². The van der Waals surface area contributed by atoms with Gasteiger partial charge in [0.05, 0.1) is 6.54 Å². The van der Waals surface area contributed by atoms with Crippen LogP contribution >= 0.6 is 0 Å². The van der Waals surface area contributed by atoms with Gasteiger partial charge in [-0.15, -0.1) is 0 Å². The van der Waals surface area contributed by atoms with Crippen molar-refractivity contribution in [3.05, 3.63) is 59.0 Å². The maximum absolute atomic E-state index is 11.9. The van der Waals surface area contributed by atoms with Crippen LogP contribution in [0.4, 0.5) is 0 Å². The average molecular weight is 273 g/mol. The van der Waals surface area contributed by atoms with Crippen molar-refractivity contribution in [2.75, 3.05) is 0 Å². The summed E-state index contributed by atoms with van der Waals surface area (Å²) in [4.78, 5) is 22.5. The first kappa shape index (κ1) is 13.9. The van der Waals surface area contributed by atoms with Crippen LogP contribution in [0.25, 0.3) is 0 Å². The van der Waals surface area contributed by atoms with Crippen molar-refractivity contribution in [2.24, 2.45) is 0 Å². The number of hydrogen-bond donors (Lipinski definition) is 2. The number of carbonyl (C=O) groups is 2. The predicted octanol–water partition coefficient (Wildman–Crippen LogP) is 2.47. The number of amides is 1. The van der Waals surface area contributed by atoms with Crippen LogP contribution in [0.2, 0.25) is 0 Å². The summed E-state index contributed by atoms with van der Waals surface area (Å²) in [5.74, 6) is -1.08. The van der Waals surface area contributed by atoms with Crippen LogP contribution in [-0.2, 0) is 13.0 Å². The molecule has 2 aromatic rings. The van der Waals surface area contributed by atoms with Crippen molar-refractivity contribution in [3.8, 4) is 0 Å². The maximum Gasteiger partial charge on any atom is 0.371 e. The third kappa shape index (κ3) is 3.26. The highest BCUT2D eigenvalue weighted by atomic mass is 16.4. The van der Waals surface area contributed by atoms with E-state index in [0.717, 1.165) is 6.42 Å². The zero-order valence-corrected chi connectivity index (χ0v) is 11.1. The van der Waals surface area contributed by atoms with Gasteiger partial charge in [0.25, 0.3) is 5.91 Å². The standard InChI is InChI=1S/C15H15NO4/c1-2-10-3-5-11(6-4-10)14(17)16-9-12-7-8-13(20-12)15(18)19/h3-8H,2,9H2,1H3,(H,16,17)(H,18,19). The van der Waals surface area contributed by atoms with E-state index in [2.05, 4.69) is 5.32 Å². The number of carboxylic acid groups (broad SMARTS) is 1. The van der Waals surface area contributed by atoms with Gasteiger partial charge < -0.3 is 14.8 Å². The molecule has 20 heavy (non-hydrogen) atoms. The summed E-state index contributed by atoms with van der Waals surface area (Å²) in [6, 6.07) is 10.2. The lowest BCUT2D eigenvalue weighted by atomic mass is 10.1. The van der Waals surface area contributed by atoms with E-state index in [4.69, 9.17) is 9.52 Å². The quantitative estimate of drug-likeness (QED) is 0.877. The Hall–Kier alpha value is -2.56. The topological polar surface area (TPSA) is 79.5 Å². The first-order chi connectivity index (χ1) is 9.60. The number of aromatic carboxylic acids is 1. The Kier molecular flexibility index (Phi) is 4.20. The van der Waals surface area contributed by atoms with Gasteiger partial charge in [0.2, 0.25) is 5.76 Å². The van der Waals surface area contributed by atoms with Crippen molar-refractivity contribution >= 4 is 11.9 Å². The molecule has 0 bridgehead atoms. The number of carbonyl (C=O) groups excluding carboxylic acids is 1. The van der Waals surface area contributed by atoms with E-state index < -0.39 is 5.97 Å². The zero-order chi connectivity index (χ0) is 14.5. The Balaban J connectivity index is 1.95. The fourth-order valence-electron chi connectivity index (χ4n) is 1.75. The van der Waals surface area contributed by atoms with Crippen molar-refractivity contribution in [2.45, 2.75) is 19.9 Å². The third-order valence-corrected chi connectivity index (χ3v) is 2.92. The fraction of sp³-hybridized carbons (Fsp3) is 0.200. The molecule has 1 aromatic carbocycles. The SMILES string of the molecule is CCc1ccc(C(=O)NCc2ccc(C(=O)O)o2)cc1. The second-order valence-corrected chi connectivity index (χ2v) is 4.30. The first-order valence-corrected chi connectivity index (χ1v) is 6.29. The van der Waals surface area contributed by atoms with Crippen LogP contribution in [0.3, 0.4) is 0 Å². The van der Waals surface area contributed by atoms with E-state index in [1.54, 1.807) is 12.1 Å². The molecule has 0 aliphatic heterocycles. The first-order valence-electron chi connectivity index (χ1n) is 6.29. The molecule has 1 aromatic heterocycles. The number of rotatable bonds is 5. The predicted molar refractivity (Wildman–Crippen MR) is 72.7 cm³/mol. The van der Waals surface area contributed by atoms with E-state index in [1.165, 1.54) is 17.7 Å². The molecule has 5 nitrogen and oxygen atoms in total. The molecule has 0 aliphatic rings. The minimum atomic E-state index is -1.13. The summed E-state index contributed by atoms with van der Waals surface area (Å²) in [6.45, 7) is 2.20. The number of carboxylic acids is 1. The Bertz CT molecular complexity index is 613. The lowest BCUT2D eigenvalue weighted by Gasteiger charge is -2.04. The van der Waals surface area contributed by atoms with Gasteiger partial charge in [-0.2, -0.15) is 0 Å². The molecule has 0 saturated carbocycles. The minimum Gasteiger partial charge on any atom is -0.475 e. The highest BCUT2D eigenvalue weighted by Crippen LogP contribution is 2.09. The molecule has 0 saturated heterocycles. The number of hydrogen-bond acceptors (Lipinski definition) is 3. The Morgan fingerprint density at radius 1 is 1.15 bits per heavy atom. The summed E-state index contributed by atoms with van der Waals surface area (Å²) in [6.07, 6.45) is 0.923. The number of aryl methyl sites for hydroxylation is 1. The van der Waals surface area contributed by atoms with Crippen LogP contribution in [0.15, 0.2) is 40.8 Å². The third-order valence-electron chi connectivity index (χ3n) is 2.92. The molecule has 0 atom stereocenters. The Morgan fingerprint density at radius 3 is 2.40 bits per heavy atom. The normalized spacial score (nSPS) is 10.2. The van der Waals surface area contributed by atoms with E-state index in [0.29, 0.717) is 11.3 Å². The van der Waals surface area contributed by atoms with Crippen LogP contribution in [-0.4, -0.2) is 17.0 Å². The van der Waals surface area contributed by atoms with Crippen molar-refractivity contribution in [1.29, 1.82) is 0 Å². The van der Waals surface area contributed by atoms with Gasteiger partial charge in [0.15, 0.2) is 0 Å². The maximum atomic E-state index is 11.9. The molecule has 1 amide bonds. The summed E-state index contributed by atoms with van der Waals surface area (Å²) >= 11 is 0. The molecular weight excluding hydrogens is 258 g/mol. The molecule has 0 radical (unpaired) electrons. The number of nitrogens with one attached hydrogen (secondary N) is 1. The minimum absolute atomic E-state index is 0.137. The molecule has 1 heterocycles. The van der Waals surface area contributed by atoms with Crippen LogP contribution < -0.4 is 5.32 Å². The van der Waals surface area contributed by atoms with Crippen molar-refractivity contribution in [3.63, 3.8) is 0 Å². The summed E-state index contributed by atoms with van der Waals surface area (Å²) in [5, 5.41) is 11.4. The van der Waals surface area contributed by atoms with Crippen LogP contribution in [0.5, 0.6) is 0 Å². The highest BCUT2D eigenvalue weighted by molar-refractivity contribution is 5.94.